The number of hydrogen-bond acceptors (Lipinski definition) is 7. The Morgan fingerprint density at radius 2 is 1.57 bits per heavy atom. The largest absolute Gasteiger partial charge is 0.352 e. The molecule has 1 amide bonds. The van der Waals surface area contributed by atoms with Gasteiger partial charge in [-0.15, -0.1) is 0 Å². The second-order valence-corrected chi connectivity index (χ2v) is 12.1. The van der Waals surface area contributed by atoms with Gasteiger partial charge in [-0.05, 0) is 73.4 Å². The first-order chi connectivity index (χ1) is 21.4. The number of ketones is 1. The molecule has 0 fully saturated rings. The van der Waals surface area contributed by atoms with Crippen molar-refractivity contribution in [3.63, 3.8) is 0 Å². The minimum absolute atomic E-state index is 0.100. The SMILES string of the molecule is CCCCNC(=O)c1ccc(-n2cc(Cc3cncnc3)c(=O)nc2SCCCCCCCC(=O)c2ccc(Cl)cc2)cc1. The van der Waals surface area contributed by atoms with Crippen molar-refractivity contribution >= 4 is 35.1 Å². The lowest BCUT2D eigenvalue weighted by Crippen LogP contribution is -2.24. The average molecular weight is 632 g/mol. The van der Waals surface area contributed by atoms with Crippen molar-refractivity contribution < 1.29 is 9.59 Å². The van der Waals surface area contributed by atoms with E-state index in [1.165, 1.54) is 6.33 Å². The van der Waals surface area contributed by atoms with E-state index in [1.54, 1.807) is 60.6 Å². The maximum atomic E-state index is 13.0. The summed E-state index contributed by atoms with van der Waals surface area (Å²) >= 11 is 7.45. The number of carbonyl (C=O) groups excluding carboxylic acids is 2. The molecule has 10 heteroatoms. The summed E-state index contributed by atoms with van der Waals surface area (Å²) in [5, 5.41) is 4.18. The van der Waals surface area contributed by atoms with E-state index in [0.29, 0.717) is 46.3 Å². The van der Waals surface area contributed by atoms with Gasteiger partial charge in [-0.2, -0.15) is 4.98 Å². The van der Waals surface area contributed by atoms with E-state index in [1.807, 2.05) is 22.9 Å². The summed E-state index contributed by atoms with van der Waals surface area (Å²) in [6.45, 7) is 2.73. The van der Waals surface area contributed by atoms with Crippen LogP contribution in [0.2, 0.25) is 5.02 Å². The number of nitrogens with one attached hydrogen (secondary N) is 1. The number of benzene rings is 2. The number of carbonyl (C=O) groups is 2. The zero-order valence-electron chi connectivity index (χ0n) is 25.0. The predicted octanol–water partition coefficient (Wildman–Crippen LogP) is 7.11. The van der Waals surface area contributed by atoms with E-state index < -0.39 is 0 Å². The highest BCUT2D eigenvalue weighted by atomic mass is 35.5. The van der Waals surface area contributed by atoms with Gasteiger partial charge in [0.05, 0.1) is 0 Å². The Morgan fingerprint density at radius 3 is 2.30 bits per heavy atom. The lowest BCUT2D eigenvalue weighted by Gasteiger charge is -2.14. The van der Waals surface area contributed by atoms with Crippen LogP contribution >= 0.6 is 23.4 Å². The molecule has 0 spiro atoms. The number of halogens is 1. The highest BCUT2D eigenvalue weighted by Crippen LogP contribution is 2.23. The van der Waals surface area contributed by atoms with Crippen molar-refractivity contribution in [2.45, 2.75) is 69.9 Å². The van der Waals surface area contributed by atoms with Gasteiger partial charge in [0.1, 0.15) is 6.33 Å². The summed E-state index contributed by atoms with van der Waals surface area (Å²) in [7, 11) is 0. The summed E-state index contributed by atoms with van der Waals surface area (Å²) in [5.41, 5.74) is 3.21. The quantitative estimate of drug-likeness (QED) is 0.0572. The molecule has 44 heavy (non-hydrogen) atoms. The molecule has 0 radical (unpaired) electrons. The van der Waals surface area contributed by atoms with Crippen LogP contribution in [-0.4, -0.2) is 43.5 Å². The molecule has 1 N–H and O–H groups in total. The van der Waals surface area contributed by atoms with E-state index in [4.69, 9.17) is 11.6 Å². The van der Waals surface area contributed by atoms with Crippen molar-refractivity contribution in [3.05, 3.63) is 111 Å². The van der Waals surface area contributed by atoms with Gasteiger partial charge < -0.3 is 5.32 Å². The molecule has 4 rings (SSSR count). The van der Waals surface area contributed by atoms with Crippen LogP contribution < -0.4 is 10.9 Å². The molecule has 0 unspecified atom stereocenters. The summed E-state index contributed by atoms with van der Waals surface area (Å²) in [5.74, 6) is 0.853. The molecular formula is C34H38ClN5O3S. The number of thioether (sulfide) groups is 1. The van der Waals surface area contributed by atoms with Crippen molar-refractivity contribution in [1.82, 2.24) is 24.8 Å². The van der Waals surface area contributed by atoms with Crippen LogP contribution in [0.4, 0.5) is 0 Å². The van der Waals surface area contributed by atoms with Crippen molar-refractivity contribution in [2.24, 2.45) is 0 Å². The maximum absolute atomic E-state index is 13.0. The highest BCUT2D eigenvalue weighted by Gasteiger charge is 2.13. The van der Waals surface area contributed by atoms with Crippen LogP contribution in [0.5, 0.6) is 0 Å². The number of nitrogens with zero attached hydrogens (tertiary/aromatic N) is 4. The second-order valence-electron chi connectivity index (χ2n) is 10.6. The summed E-state index contributed by atoms with van der Waals surface area (Å²) in [6, 6.07) is 14.4. The molecular weight excluding hydrogens is 594 g/mol. The maximum Gasteiger partial charge on any atom is 0.277 e. The van der Waals surface area contributed by atoms with Gasteiger partial charge in [-0.3, -0.25) is 19.0 Å². The Bertz CT molecular complexity index is 1560. The second kappa shape index (κ2) is 17.5. The number of unbranched alkanes of at least 4 members (excludes halogenated alkanes) is 5. The molecule has 2 heterocycles. The van der Waals surface area contributed by atoms with Crippen LogP contribution in [0.15, 0.2) is 83.4 Å². The molecule has 0 aliphatic carbocycles. The molecule has 8 nitrogen and oxygen atoms in total. The van der Waals surface area contributed by atoms with E-state index >= 15 is 0 Å². The molecule has 0 saturated carbocycles. The molecule has 0 aliphatic heterocycles. The van der Waals surface area contributed by atoms with E-state index in [0.717, 1.165) is 61.9 Å². The number of hydrogen-bond donors (Lipinski definition) is 1. The van der Waals surface area contributed by atoms with Crippen molar-refractivity contribution in [2.75, 3.05) is 12.3 Å². The normalized spacial score (nSPS) is 11.0. The number of Topliss-reactive ketones (excluding diaryl/α,β-unsaturated/α-hetero) is 1. The number of amides is 1. The van der Waals surface area contributed by atoms with Gasteiger partial charge in [0.2, 0.25) is 0 Å². The van der Waals surface area contributed by atoms with Gasteiger partial charge in [-0.1, -0.05) is 56.0 Å². The van der Waals surface area contributed by atoms with Gasteiger partial charge in [0.25, 0.3) is 11.5 Å². The Hall–Kier alpha value is -3.82. The van der Waals surface area contributed by atoms with Crippen molar-refractivity contribution in [1.29, 1.82) is 0 Å². The molecule has 4 aromatic rings. The van der Waals surface area contributed by atoms with Crippen molar-refractivity contribution in [3.8, 4) is 5.69 Å². The Kier molecular flexibility index (Phi) is 13.1. The van der Waals surface area contributed by atoms with E-state index in [9.17, 15) is 14.4 Å². The molecule has 230 valence electrons. The number of aromatic nitrogens is 4. The molecule has 0 saturated heterocycles. The predicted molar refractivity (Wildman–Crippen MR) is 176 cm³/mol. The fourth-order valence-corrected chi connectivity index (χ4v) is 5.75. The fraction of sp³-hybridized carbons (Fsp3) is 0.353. The smallest absolute Gasteiger partial charge is 0.277 e. The third-order valence-corrected chi connectivity index (χ3v) is 8.43. The average Bonchev–Trinajstić information content (AvgIpc) is 3.04. The fourth-order valence-electron chi connectivity index (χ4n) is 4.64. The Balaban J connectivity index is 1.35. The lowest BCUT2D eigenvalue weighted by molar-refractivity contribution is 0.0951. The molecule has 2 aromatic carbocycles. The first-order valence-corrected chi connectivity index (χ1v) is 16.5. The van der Waals surface area contributed by atoms with Crippen LogP contribution in [0, 0.1) is 0 Å². The zero-order chi connectivity index (χ0) is 31.1. The molecule has 0 atom stereocenters. The first kappa shape index (κ1) is 33.1. The lowest BCUT2D eigenvalue weighted by atomic mass is 10.0. The zero-order valence-corrected chi connectivity index (χ0v) is 26.6. The highest BCUT2D eigenvalue weighted by molar-refractivity contribution is 7.99. The standard InChI is InChI=1S/C34H38ClN5O3S/c1-2-3-18-38-32(42)27-12-16-30(17-13-27)40-23-28(20-25-21-36-24-37-22-25)33(43)39-34(40)44-19-8-6-4-5-7-9-31(41)26-10-14-29(35)15-11-26/h10-17,21-24H,2-9,18-20H2,1H3,(H,38,42). The van der Waals surface area contributed by atoms with Gasteiger partial charge >= 0.3 is 0 Å². The van der Waals surface area contributed by atoms with Crippen LogP contribution in [0.1, 0.15) is 90.1 Å². The minimum atomic E-state index is -0.273. The van der Waals surface area contributed by atoms with E-state index in [2.05, 4.69) is 27.2 Å². The van der Waals surface area contributed by atoms with Crippen LogP contribution in [0.3, 0.4) is 0 Å². The number of rotatable bonds is 17. The van der Waals surface area contributed by atoms with E-state index in [-0.39, 0.29) is 17.2 Å². The third-order valence-electron chi connectivity index (χ3n) is 7.14. The molecule has 2 aromatic heterocycles. The Morgan fingerprint density at radius 1 is 0.886 bits per heavy atom. The molecule has 0 bridgehead atoms. The van der Waals surface area contributed by atoms with Crippen LogP contribution in [-0.2, 0) is 6.42 Å². The first-order valence-electron chi connectivity index (χ1n) is 15.1. The molecule has 0 aliphatic rings. The topological polar surface area (TPSA) is 107 Å². The van der Waals surface area contributed by atoms with Gasteiger partial charge in [-0.25, -0.2) is 9.97 Å². The third kappa shape index (κ3) is 10.1. The monoisotopic (exact) mass is 631 g/mol. The summed E-state index contributed by atoms with van der Waals surface area (Å²) < 4.78 is 1.92. The summed E-state index contributed by atoms with van der Waals surface area (Å²) in [6.07, 6.45) is 14.4. The van der Waals surface area contributed by atoms with Crippen LogP contribution in [0.25, 0.3) is 5.69 Å². The van der Waals surface area contributed by atoms with Gasteiger partial charge in [0, 0.05) is 71.1 Å². The minimum Gasteiger partial charge on any atom is -0.352 e. The van der Waals surface area contributed by atoms with Gasteiger partial charge in [0.15, 0.2) is 10.9 Å². The Labute approximate surface area is 267 Å². The summed E-state index contributed by atoms with van der Waals surface area (Å²) in [4.78, 5) is 50.4.